The molecule has 0 amide bonds. The summed E-state index contributed by atoms with van der Waals surface area (Å²) in [6, 6.07) is 0. The van der Waals surface area contributed by atoms with E-state index >= 15 is 0 Å². The molecule has 1 rings (SSSR count). The first-order valence-electron chi connectivity index (χ1n) is 4.72. The number of carbonyl (C=O) groups excluding carboxylic acids is 2. The molecule has 15 heavy (non-hydrogen) atoms. The highest BCUT2D eigenvalue weighted by Gasteiger charge is 2.33. The molecule has 0 spiro atoms. The average Bonchev–Trinajstić information content (AvgIpc) is 2.63. The Bertz CT molecular complexity index is 255. The number of rotatable bonds is 4. The fourth-order valence-electron chi connectivity index (χ4n) is 1.07. The first kappa shape index (κ1) is 12.5. The van der Waals surface area contributed by atoms with Gasteiger partial charge in [0.05, 0.1) is 0 Å². The monoisotopic (exact) mass is 328 g/mol. The van der Waals surface area contributed by atoms with Crippen LogP contribution in [-0.2, 0) is 19.0 Å². The zero-order valence-electron chi connectivity index (χ0n) is 8.57. The Morgan fingerprint density at radius 1 is 1.73 bits per heavy atom. The summed E-state index contributed by atoms with van der Waals surface area (Å²) in [5, 5.41) is 0. The molecule has 0 N–H and O–H groups in total. The van der Waals surface area contributed by atoms with Gasteiger partial charge in [0.1, 0.15) is 16.6 Å². The molecule has 0 aromatic carbocycles. The molecule has 3 unspecified atom stereocenters. The van der Waals surface area contributed by atoms with Crippen LogP contribution in [0.2, 0.25) is 0 Å². The molecule has 5 nitrogen and oxygen atoms in total. The highest BCUT2D eigenvalue weighted by Crippen LogP contribution is 2.15. The largest absolute Gasteiger partial charge is 0.508 e. The van der Waals surface area contributed by atoms with Crippen LogP contribution in [0, 0.1) is 0 Å². The minimum absolute atomic E-state index is 0.144. The van der Waals surface area contributed by atoms with E-state index in [0.717, 1.165) is 0 Å². The van der Waals surface area contributed by atoms with Gasteiger partial charge in [-0.1, -0.05) is 29.5 Å². The van der Waals surface area contributed by atoms with Crippen molar-refractivity contribution >= 4 is 34.7 Å². The molecule has 0 aromatic rings. The minimum atomic E-state index is -0.704. The van der Waals surface area contributed by atoms with Crippen molar-refractivity contribution in [3.8, 4) is 0 Å². The molecule has 0 radical (unpaired) electrons. The van der Waals surface area contributed by atoms with Crippen LogP contribution in [0.5, 0.6) is 0 Å². The fourth-order valence-corrected chi connectivity index (χ4v) is 1.22. The van der Waals surface area contributed by atoms with Gasteiger partial charge in [0.15, 0.2) is 6.10 Å². The van der Waals surface area contributed by atoms with Crippen molar-refractivity contribution in [1.29, 1.82) is 0 Å². The van der Waals surface area contributed by atoms with Crippen molar-refractivity contribution in [3.05, 3.63) is 0 Å². The van der Waals surface area contributed by atoms with Crippen molar-refractivity contribution in [2.45, 2.75) is 36.4 Å². The van der Waals surface area contributed by atoms with E-state index in [1.807, 2.05) is 29.5 Å². The topological polar surface area (TPSA) is 61.8 Å². The molecule has 1 heterocycles. The van der Waals surface area contributed by atoms with Gasteiger partial charge in [-0.3, -0.25) is 4.79 Å². The normalized spacial score (nSPS) is 23.9. The van der Waals surface area contributed by atoms with Crippen LogP contribution in [0.1, 0.15) is 20.3 Å². The molecule has 0 bridgehead atoms. The summed E-state index contributed by atoms with van der Waals surface area (Å²) >= 11 is 2.02. The van der Waals surface area contributed by atoms with Crippen molar-refractivity contribution < 1.29 is 23.8 Å². The maximum atomic E-state index is 11.4. The van der Waals surface area contributed by atoms with E-state index in [1.165, 1.54) is 0 Å². The van der Waals surface area contributed by atoms with Gasteiger partial charge in [0.25, 0.3) is 0 Å². The summed E-state index contributed by atoms with van der Waals surface area (Å²) in [5.41, 5.74) is 0. The molecule has 1 fully saturated rings. The van der Waals surface area contributed by atoms with E-state index in [0.29, 0.717) is 6.42 Å². The molecular formula is C9H13IO5. The van der Waals surface area contributed by atoms with Crippen LogP contribution in [0.25, 0.3) is 0 Å². The Morgan fingerprint density at radius 2 is 2.40 bits per heavy atom. The molecule has 1 saturated heterocycles. The molecule has 0 saturated carbocycles. The van der Waals surface area contributed by atoms with Gasteiger partial charge in [-0.05, 0) is 13.3 Å². The number of halogens is 1. The van der Waals surface area contributed by atoms with E-state index in [2.05, 4.69) is 4.74 Å². The highest BCUT2D eigenvalue weighted by atomic mass is 127. The molecule has 6 heteroatoms. The predicted molar refractivity (Wildman–Crippen MR) is 59.9 cm³/mol. The van der Waals surface area contributed by atoms with Gasteiger partial charge in [-0.2, -0.15) is 0 Å². The van der Waals surface area contributed by atoms with Crippen molar-refractivity contribution in [3.63, 3.8) is 0 Å². The molecule has 0 aliphatic carbocycles. The Labute approximate surface area is 102 Å². The first-order valence-corrected chi connectivity index (χ1v) is 5.97. The summed E-state index contributed by atoms with van der Waals surface area (Å²) in [5.74, 6) is -0.284. The van der Waals surface area contributed by atoms with Crippen molar-refractivity contribution in [1.82, 2.24) is 0 Å². The maximum absolute atomic E-state index is 11.4. The van der Waals surface area contributed by atoms with Crippen LogP contribution in [0.15, 0.2) is 0 Å². The smallest absolute Gasteiger partial charge is 0.458 e. The Hall–Kier alpha value is -0.530. The summed E-state index contributed by atoms with van der Waals surface area (Å²) in [4.78, 5) is 22.1. The first-order chi connectivity index (χ1) is 7.04. The Balaban J connectivity index is 2.38. The fraction of sp³-hybridized carbons (Fsp3) is 0.778. The molecule has 3 atom stereocenters. The summed E-state index contributed by atoms with van der Waals surface area (Å²) < 4.78 is 14.4. The van der Waals surface area contributed by atoms with E-state index in [4.69, 9.17) is 9.47 Å². The van der Waals surface area contributed by atoms with Gasteiger partial charge < -0.3 is 14.2 Å². The Morgan fingerprint density at radius 3 is 2.87 bits per heavy atom. The summed E-state index contributed by atoms with van der Waals surface area (Å²) in [7, 11) is 0. The standard InChI is InChI=1S/C9H13IO5/c1-3-6(10)8(11)14-5(2)7-4-13-9(12)15-7/h5-7H,3-4H2,1-2H3. The van der Waals surface area contributed by atoms with Crippen LogP contribution in [-0.4, -0.2) is 34.9 Å². The van der Waals surface area contributed by atoms with Crippen LogP contribution < -0.4 is 0 Å². The second-order valence-electron chi connectivity index (χ2n) is 3.24. The number of carbonyl (C=O) groups is 2. The summed E-state index contributed by atoms with van der Waals surface area (Å²) in [6.07, 6.45) is -0.938. The predicted octanol–water partition coefficient (Wildman–Crippen LogP) is 1.67. The lowest BCUT2D eigenvalue weighted by Crippen LogP contribution is -2.32. The van der Waals surface area contributed by atoms with Gasteiger partial charge in [-0.25, -0.2) is 4.79 Å². The van der Waals surface area contributed by atoms with E-state index < -0.39 is 18.4 Å². The van der Waals surface area contributed by atoms with E-state index in [1.54, 1.807) is 6.92 Å². The van der Waals surface area contributed by atoms with Crippen LogP contribution in [0.3, 0.4) is 0 Å². The minimum Gasteiger partial charge on any atom is -0.458 e. The maximum Gasteiger partial charge on any atom is 0.508 e. The third kappa shape index (κ3) is 3.51. The highest BCUT2D eigenvalue weighted by molar-refractivity contribution is 14.1. The van der Waals surface area contributed by atoms with Gasteiger partial charge in [-0.15, -0.1) is 0 Å². The molecule has 1 aliphatic heterocycles. The van der Waals surface area contributed by atoms with Gasteiger partial charge in [0.2, 0.25) is 0 Å². The van der Waals surface area contributed by atoms with Crippen molar-refractivity contribution in [2.75, 3.05) is 6.61 Å². The second-order valence-corrected chi connectivity index (χ2v) is 4.74. The summed E-state index contributed by atoms with van der Waals surface area (Å²) in [6.45, 7) is 3.73. The lowest BCUT2D eigenvalue weighted by atomic mass is 10.2. The lowest BCUT2D eigenvalue weighted by molar-refractivity contribution is -0.151. The number of alkyl halides is 1. The van der Waals surface area contributed by atoms with Crippen molar-refractivity contribution in [2.24, 2.45) is 0 Å². The van der Waals surface area contributed by atoms with Gasteiger partial charge >= 0.3 is 12.1 Å². The molecule has 1 aliphatic rings. The second kappa shape index (κ2) is 5.53. The SMILES string of the molecule is CCC(I)C(=O)OC(C)C1COC(=O)O1. The zero-order chi connectivity index (χ0) is 11.4. The zero-order valence-corrected chi connectivity index (χ0v) is 10.7. The number of ether oxygens (including phenoxy) is 3. The Kier molecular flexibility index (Phi) is 4.62. The lowest BCUT2D eigenvalue weighted by Gasteiger charge is -2.18. The van der Waals surface area contributed by atoms with E-state index in [9.17, 15) is 9.59 Å². The number of cyclic esters (lactones) is 2. The quantitative estimate of drug-likeness (QED) is 0.446. The number of esters is 1. The van der Waals surface area contributed by atoms with Crippen LogP contribution in [0.4, 0.5) is 4.79 Å². The third-order valence-electron chi connectivity index (χ3n) is 2.05. The average molecular weight is 328 g/mol. The number of hydrogen-bond donors (Lipinski definition) is 0. The third-order valence-corrected chi connectivity index (χ3v) is 3.44. The van der Waals surface area contributed by atoms with E-state index in [-0.39, 0.29) is 16.5 Å². The molecule has 86 valence electrons. The number of hydrogen-bond acceptors (Lipinski definition) is 5. The van der Waals surface area contributed by atoms with Crippen LogP contribution >= 0.6 is 22.6 Å². The van der Waals surface area contributed by atoms with Gasteiger partial charge in [0, 0.05) is 0 Å². The molecular weight excluding hydrogens is 315 g/mol. The molecule has 0 aromatic heterocycles.